The fraction of sp³-hybridized carbons (Fsp3) is 0.263. The number of benzene rings is 1. The van der Waals surface area contributed by atoms with E-state index in [-0.39, 0.29) is 11.9 Å². The first-order chi connectivity index (χ1) is 13.0. The fourth-order valence-electron chi connectivity index (χ4n) is 3.20. The van der Waals surface area contributed by atoms with Crippen LogP contribution in [-0.4, -0.2) is 32.5 Å². The Kier molecular flexibility index (Phi) is 4.27. The zero-order valence-corrected chi connectivity index (χ0v) is 16.4. The van der Waals surface area contributed by atoms with Crippen LogP contribution < -0.4 is 10.6 Å². The van der Waals surface area contributed by atoms with Crippen molar-refractivity contribution in [1.82, 2.24) is 24.8 Å². The standard InChI is InChI=1S/C19H20N6OS/c1-10(22-11(2)26)12-6-5-7-13(8-12)19-24-18-16(27-19)15-14(17(20-3)23-18)21-9-25(15)4/h5-10H,1-4H3,(H,20,23)(H,22,26)/t10-/m1/s1. The first-order valence-electron chi connectivity index (χ1n) is 8.64. The Labute approximate surface area is 160 Å². The molecule has 1 amide bonds. The lowest BCUT2D eigenvalue weighted by molar-refractivity contribution is -0.119. The van der Waals surface area contributed by atoms with Crippen LogP contribution in [0.5, 0.6) is 0 Å². The van der Waals surface area contributed by atoms with E-state index in [1.165, 1.54) is 6.92 Å². The van der Waals surface area contributed by atoms with Crippen molar-refractivity contribution in [1.29, 1.82) is 0 Å². The van der Waals surface area contributed by atoms with Gasteiger partial charge in [0.1, 0.15) is 15.2 Å². The van der Waals surface area contributed by atoms with Crippen molar-refractivity contribution in [3.05, 3.63) is 36.2 Å². The average molecular weight is 380 g/mol. The summed E-state index contributed by atoms with van der Waals surface area (Å²) in [5, 5.41) is 6.92. The zero-order chi connectivity index (χ0) is 19.1. The summed E-state index contributed by atoms with van der Waals surface area (Å²) in [7, 11) is 3.81. The molecule has 1 atom stereocenters. The minimum atomic E-state index is -0.0605. The first-order valence-corrected chi connectivity index (χ1v) is 9.46. The van der Waals surface area contributed by atoms with E-state index in [0.717, 1.165) is 37.7 Å². The highest BCUT2D eigenvalue weighted by molar-refractivity contribution is 7.22. The van der Waals surface area contributed by atoms with Crippen LogP contribution >= 0.6 is 11.3 Å². The second kappa shape index (κ2) is 6.62. The van der Waals surface area contributed by atoms with E-state index in [9.17, 15) is 4.79 Å². The number of hydrogen-bond acceptors (Lipinski definition) is 6. The third-order valence-corrected chi connectivity index (χ3v) is 5.59. The molecular formula is C19H20N6OS. The predicted octanol–water partition coefficient (Wildman–Crippen LogP) is 3.48. The van der Waals surface area contributed by atoms with Crippen LogP contribution in [0.4, 0.5) is 5.82 Å². The molecule has 0 bridgehead atoms. The molecule has 3 aromatic heterocycles. The van der Waals surface area contributed by atoms with Crippen LogP contribution in [0, 0.1) is 0 Å². The molecule has 3 heterocycles. The Hall–Kier alpha value is -3.00. The molecule has 0 saturated carbocycles. The SMILES string of the molecule is CNc1nc2nc(-c3cccc([C@@H](C)NC(C)=O)c3)sc2c2c1ncn2C. The van der Waals surface area contributed by atoms with Gasteiger partial charge in [-0.25, -0.2) is 15.0 Å². The van der Waals surface area contributed by atoms with Gasteiger partial charge in [-0.1, -0.05) is 18.2 Å². The van der Waals surface area contributed by atoms with Gasteiger partial charge in [0.15, 0.2) is 11.5 Å². The smallest absolute Gasteiger partial charge is 0.217 e. The Morgan fingerprint density at radius 1 is 1.30 bits per heavy atom. The molecule has 138 valence electrons. The van der Waals surface area contributed by atoms with E-state index in [0.29, 0.717) is 5.65 Å². The molecule has 4 rings (SSSR count). The number of carbonyl (C=O) groups is 1. The summed E-state index contributed by atoms with van der Waals surface area (Å²) in [4.78, 5) is 25.2. The summed E-state index contributed by atoms with van der Waals surface area (Å²) in [6.45, 7) is 3.50. The summed E-state index contributed by atoms with van der Waals surface area (Å²) in [5.41, 5.74) is 4.62. The average Bonchev–Trinajstić information content (AvgIpc) is 3.24. The van der Waals surface area contributed by atoms with E-state index in [4.69, 9.17) is 4.98 Å². The predicted molar refractivity (Wildman–Crippen MR) is 109 cm³/mol. The van der Waals surface area contributed by atoms with Crippen molar-refractivity contribution in [2.24, 2.45) is 7.05 Å². The highest BCUT2D eigenvalue weighted by Crippen LogP contribution is 2.36. The molecule has 0 radical (unpaired) electrons. The van der Waals surface area contributed by atoms with Crippen LogP contribution in [0.15, 0.2) is 30.6 Å². The number of thiazole rings is 1. The number of nitrogens with one attached hydrogen (secondary N) is 2. The quantitative estimate of drug-likeness (QED) is 0.566. The number of nitrogens with zero attached hydrogens (tertiary/aromatic N) is 4. The van der Waals surface area contributed by atoms with Crippen molar-refractivity contribution in [2.45, 2.75) is 19.9 Å². The number of amides is 1. The van der Waals surface area contributed by atoms with Crippen LogP contribution in [-0.2, 0) is 11.8 Å². The van der Waals surface area contributed by atoms with Crippen LogP contribution in [0.25, 0.3) is 32.0 Å². The molecule has 0 fully saturated rings. The summed E-state index contributed by atoms with van der Waals surface area (Å²) in [6, 6.07) is 8.03. The molecule has 7 nitrogen and oxygen atoms in total. The summed E-state index contributed by atoms with van der Waals surface area (Å²) in [5.74, 6) is 0.679. The minimum absolute atomic E-state index is 0.0460. The van der Waals surface area contributed by atoms with Crippen LogP contribution in [0.2, 0.25) is 0 Å². The van der Waals surface area contributed by atoms with Gasteiger partial charge in [-0.05, 0) is 18.6 Å². The van der Waals surface area contributed by atoms with Crippen molar-refractivity contribution < 1.29 is 4.79 Å². The van der Waals surface area contributed by atoms with Crippen molar-refractivity contribution in [3.63, 3.8) is 0 Å². The number of pyridine rings is 1. The molecule has 0 aliphatic carbocycles. The largest absolute Gasteiger partial charge is 0.371 e. The van der Waals surface area contributed by atoms with Gasteiger partial charge >= 0.3 is 0 Å². The molecule has 4 aromatic rings. The number of aryl methyl sites for hydroxylation is 1. The lowest BCUT2D eigenvalue weighted by Gasteiger charge is -2.13. The Morgan fingerprint density at radius 3 is 2.85 bits per heavy atom. The topological polar surface area (TPSA) is 84.7 Å². The van der Waals surface area contributed by atoms with Gasteiger partial charge in [-0.15, -0.1) is 11.3 Å². The van der Waals surface area contributed by atoms with Gasteiger partial charge in [-0.2, -0.15) is 0 Å². The summed E-state index contributed by atoms with van der Waals surface area (Å²) < 4.78 is 3.01. The number of anilines is 1. The van der Waals surface area contributed by atoms with Crippen LogP contribution in [0.1, 0.15) is 25.5 Å². The molecule has 27 heavy (non-hydrogen) atoms. The van der Waals surface area contributed by atoms with E-state index >= 15 is 0 Å². The van der Waals surface area contributed by atoms with Gasteiger partial charge < -0.3 is 15.2 Å². The monoisotopic (exact) mass is 380 g/mol. The molecule has 1 aromatic carbocycles. The van der Waals surface area contributed by atoms with E-state index in [2.05, 4.69) is 26.7 Å². The Balaban J connectivity index is 1.84. The molecule has 0 saturated heterocycles. The lowest BCUT2D eigenvalue weighted by Crippen LogP contribution is -2.23. The van der Waals surface area contributed by atoms with E-state index in [1.807, 2.05) is 43.8 Å². The third-order valence-electron chi connectivity index (χ3n) is 4.49. The number of fused-ring (bicyclic) bond motifs is 3. The highest BCUT2D eigenvalue weighted by atomic mass is 32.1. The molecule has 0 unspecified atom stereocenters. The molecule has 8 heteroatoms. The molecule has 0 spiro atoms. The van der Waals surface area contributed by atoms with Gasteiger partial charge in [-0.3, -0.25) is 4.79 Å². The number of imidazole rings is 1. The number of carbonyl (C=O) groups excluding carboxylic acids is 1. The molecule has 0 aliphatic rings. The fourth-order valence-corrected chi connectivity index (χ4v) is 4.29. The first kappa shape index (κ1) is 17.4. The maximum atomic E-state index is 11.3. The van der Waals surface area contributed by atoms with Gasteiger partial charge in [0.2, 0.25) is 5.91 Å². The Bertz CT molecular complexity index is 1160. The summed E-state index contributed by atoms with van der Waals surface area (Å²) >= 11 is 1.60. The summed E-state index contributed by atoms with van der Waals surface area (Å²) in [6.07, 6.45) is 1.79. The number of aromatic nitrogens is 4. The second-order valence-corrected chi connectivity index (χ2v) is 7.48. The number of rotatable bonds is 4. The van der Waals surface area contributed by atoms with E-state index in [1.54, 1.807) is 17.7 Å². The lowest BCUT2D eigenvalue weighted by atomic mass is 10.1. The van der Waals surface area contributed by atoms with Crippen molar-refractivity contribution in [3.8, 4) is 10.6 Å². The molecular weight excluding hydrogens is 360 g/mol. The second-order valence-electron chi connectivity index (χ2n) is 6.48. The van der Waals surface area contributed by atoms with Crippen molar-refractivity contribution >= 4 is 44.4 Å². The molecule has 0 aliphatic heterocycles. The van der Waals surface area contributed by atoms with E-state index < -0.39 is 0 Å². The minimum Gasteiger partial charge on any atom is -0.371 e. The van der Waals surface area contributed by atoms with Crippen LogP contribution in [0.3, 0.4) is 0 Å². The molecule has 2 N–H and O–H groups in total. The van der Waals surface area contributed by atoms with Gasteiger partial charge in [0.05, 0.1) is 17.9 Å². The van der Waals surface area contributed by atoms with Gasteiger partial charge in [0, 0.05) is 26.6 Å². The normalized spacial score (nSPS) is 12.4. The van der Waals surface area contributed by atoms with Gasteiger partial charge in [0.25, 0.3) is 0 Å². The van der Waals surface area contributed by atoms with Crippen molar-refractivity contribution in [2.75, 3.05) is 12.4 Å². The highest BCUT2D eigenvalue weighted by Gasteiger charge is 2.17. The maximum absolute atomic E-state index is 11.3. The maximum Gasteiger partial charge on any atom is 0.217 e. The number of hydrogen-bond donors (Lipinski definition) is 2. The zero-order valence-electron chi connectivity index (χ0n) is 15.6. The Morgan fingerprint density at radius 2 is 2.11 bits per heavy atom. The third kappa shape index (κ3) is 3.02.